The quantitative estimate of drug-likeness (QED) is 0.401. The van der Waals surface area contributed by atoms with Crippen LogP contribution in [0, 0.1) is 46.3 Å². The van der Waals surface area contributed by atoms with Gasteiger partial charge in [0.15, 0.2) is 0 Å². The molecule has 6 heteroatoms. The van der Waals surface area contributed by atoms with Gasteiger partial charge in [0.05, 0.1) is 23.0 Å². The molecule has 0 spiro atoms. The van der Waals surface area contributed by atoms with Gasteiger partial charge in [-0.1, -0.05) is 0 Å². The van der Waals surface area contributed by atoms with Crippen molar-refractivity contribution in [2.75, 3.05) is 14.2 Å². The summed E-state index contributed by atoms with van der Waals surface area (Å²) in [6.07, 6.45) is 10.6. The van der Waals surface area contributed by atoms with E-state index < -0.39 is 10.8 Å². The average molecular weight is 495 g/mol. The minimum atomic E-state index is -0.525. The summed E-state index contributed by atoms with van der Waals surface area (Å²) in [7, 11) is 3.48. The van der Waals surface area contributed by atoms with E-state index in [0.29, 0.717) is 47.0 Å². The third-order valence-electron chi connectivity index (χ3n) is 11.0. The zero-order valence-electron chi connectivity index (χ0n) is 21.4. The van der Waals surface area contributed by atoms with Gasteiger partial charge in [-0.15, -0.1) is 0 Å². The van der Waals surface area contributed by atoms with Crippen LogP contribution in [-0.4, -0.2) is 38.4 Å². The van der Waals surface area contributed by atoms with E-state index in [1.54, 1.807) is 38.5 Å². The Morgan fingerprint density at radius 1 is 0.611 bits per heavy atom. The number of carbonyl (C=O) groups excluding carboxylic acids is 2. The third kappa shape index (κ3) is 3.36. The highest BCUT2D eigenvalue weighted by Gasteiger charge is 2.63. The lowest BCUT2D eigenvalue weighted by Gasteiger charge is -2.58. The smallest absolute Gasteiger partial charge is 0.320 e. The second-order valence-corrected chi connectivity index (χ2v) is 13.1. The Labute approximate surface area is 213 Å². The summed E-state index contributed by atoms with van der Waals surface area (Å²) in [6, 6.07) is 6.99. The van der Waals surface area contributed by atoms with Crippen LogP contribution < -0.4 is 9.47 Å². The molecule has 0 heterocycles. The van der Waals surface area contributed by atoms with E-state index in [2.05, 4.69) is 0 Å². The van der Waals surface area contributed by atoms with E-state index in [1.807, 2.05) is 0 Å². The second kappa shape index (κ2) is 8.29. The minimum absolute atomic E-state index is 0.0490. The van der Waals surface area contributed by atoms with Gasteiger partial charge in [0.2, 0.25) is 0 Å². The molecule has 8 saturated carbocycles. The Bertz CT molecular complexity index is 937. The molecule has 0 N–H and O–H groups in total. The van der Waals surface area contributed by atoms with E-state index in [0.717, 1.165) is 25.7 Å². The molecule has 0 amide bonds. The van der Waals surface area contributed by atoms with Crippen molar-refractivity contribution in [2.45, 2.75) is 76.4 Å². The first-order valence-corrected chi connectivity index (χ1v) is 14.0. The number of esters is 2. The predicted octanol–water partition coefficient (Wildman–Crippen LogP) is 5.18. The van der Waals surface area contributed by atoms with Crippen LogP contribution in [0.2, 0.25) is 0 Å². The van der Waals surface area contributed by atoms with Crippen LogP contribution in [0.5, 0.6) is 11.5 Å². The van der Waals surface area contributed by atoms with Crippen LogP contribution >= 0.6 is 0 Å². The fourth-order valence-electron chi connectivity index (χ4n) is 10.4. The first-order valence-electron chi connectivity index (χ1n) is 14.0. The van der Waals surface area contributed by atoms with Crippen LogP contribution in [0.3, 0.4) is 0 Å². The van der Waals surface area contributed by atoms with Crippen LogP contribution in [0.15, 0.2) is 24.3 Å². The molecule has 6 nitrogen and oxygen atoms in total. The van der Waals surface area contributed by atoms with Gasteiger partial charge >= 0.3 is 11.9 Å². The van der Waals surface area contributed by atoms with Crippen molar-refractivity contribution in [3.05, 3.63) is 24.3 Å². The maximum atomic E-state index is 13.5. The monoisotopic (exact) mass is 494 g/mol. The molecular weight excluding hydrogens is 456 g/mol. The molecule has 1 aromatic carbocycles. The molecule has 8 fully saturated rings. The first kappa shape index (κ1) is 23.2. The molecule has 6 unspecified atom stereocenters. The number of ether oxygens (including phenoxy) is 4. The number of carbonyl (C=O) groups is 2. The van der Waals surface area contributed by atoms with Gasteiger partial charge in [0.1, 0.15) is 11.5 Å². The molecular formula is C30H38O6. The standard InChI is InChI=1S/C30H38O6/c1-33-25-21-9-17-7-18(10-21)14-29(25,13-17)27(31)35-23-3-5-24(6-4-23)36-28(32)30-15-19-8-20(16-30)12-22(11-19)26(30)34-2/h3-6,17-22,25-26H,7-16H2,1-2H3. The lowest BCUT2D eigenvalue weighted by Crippen LogP contribution is -2.61. The SMILES string of the molecule is COC1C2CC3CC(C2)CC1(C(=O)Oc1ccc(OC(=O)C24CC5CC(CC(C5)C2OC)C4)cc1)C3. The summed E-state index contributed by atoms with van der Waals surface area (Å²) in [5, 5.41) is 0. The molecule has 36 heavy (non-hydrogen) atoms. The summed E-state index contributed by atoms with van der Waals surface area (Å²) >= 11 is 0. The van der Waals surface area contributed by atoms with Gasteiger partial charge in [-0.25, -0.2) is 0 Å². The molecule has 0 aliphatic heterocycles. The van der Waals surface area contributed by atoms with E-state index in [1.165, 1.54) is 38.5 Å². The third-order valence-corrected chi connectivity index (χ3v) is 11.0. The first-order chi connectivity index (χ1) is 17.4. The maximum Gasteiger partial charge on any atom is 0.320 e. The molecule has 1 aromatic rings. The van der Waals surface area contributed by atoms with Crippen molar-refractivity contribution in [3.8, 4) is 11.5 Å². The topological polar surface area (TPSA) is 71.1 Å². The lowest BCUT2D eigenvalue weighted by atomic mass is 9.48. The molecule has 8 bridgehead atoms. The summed E-state index contributed by atoms with van der Waals surface area (Å²) < 4.78 is 23.7. The van der Waals surface area contributed by atoms with Crippen molar-refractivity contribution < 1.29 is 28.5 Å². The minimum Gasteiger partial charge on any atom is -0.426 e. The van der Waals surface area contributed by atoms with Gasteiger partial charge in [-0.05, 0) is 124 Å². The van der Waals surface area contributed by atoms with Crippen LogP contribution in [0.1, 0.15) is 64.2 Å². The lowest BCUT2D eigenvalue weighted by molar-refractivity contribution is -0.196. The molecule has 9 rings (SSSR count). The summed E-state index contributed by atoms with van der Waals surface area (Å²) in [6.45, 7) is 0. The van der Waals surface area contributed by atoms with Crippen LogP contribution in [0.4, 0.5) is 0 Å². The zero-order chi connectivity index (χ0) is 24.7. The van der Waals surface area contributed by atoms with Crippen LogP contribution in [-0.2, 0) is 19.1 Å². The van der Waals surface area contributed by atoms with Crippen molar-refractivity contribution in [1.82, 2.24) is 0 Å². The maximum absolute atomic E-state index is 13.5. The molecule has 0 radical (unpaired) electrons. The summed E-state index contributed by atoms with van der Waals surface area (Å²) in [4.78, 5) is 27.1. The van der Waals surface area contributed by atoms with E-state index in [4.69, 9.17) is 18.9 Å². The highest BCUT2D eigenvalue weighted by atomic mass is 16.6. The number of rotatable bonds is 6. The number of benzene rings is 1. The van der Waals surface area contributed by atoms with Gasteiger partial charge in [-0.3, -0.25) is 9.59 Å². The van der Waals surface area contributed by atoms with Gasteiger partial charge in [-0.2, -0.15) is 0 Å². The zero-order valence-corrected chi connectivity index (χ0v) is 21.4. The Hall–Kier alpha value is -1.92. The fraction of sp³-hybridized carbons (Fsp3) is 0.733. The van der Waals surface area contributed by atoms with Gasteiger partial charge < -0.3 is 18.9 Å². The predicted molar refractivity (Wildman–Crippen MR) is 131 cm³/mol. The van der Waals surface area contributed by atoms with Crippen molar-refractivity contribution >= 4 is 11.9 Å². The molecule has 0 aromatic heterocycles. The van der Waals surface area contributed by atoms with Crippen molar-refractivity contribution in [3.63, 3.8) is 0 Å². The fourth-order valence-corrected chi connectivity index (χ4v) is 10.4. The number of hydrogen-bond acceptors (Lipinski definition) is 6. The highest BCUT2D eigenvalue weighted by Crippen LogP contribution is 2.62. The Balaban J connectivity index is 1.05. The summed E-state index contributed by atoms with van der Waals surface area (Å²) in [5.74, 6) is 4.07. The molecule has 8 aliphatic carbocycles. The van der Waals surface area contributed by atoms with E-state index >= 15 is 0 Å². The largest absolute Gasteiger partial charge is 0.426 e. The Morgan fingerprint density at radius 3 is 1.25 bits per heavy atom. The number of hydrogen-bond donors (Lipinski definition) is 0. The molecule has 0 saturated heterocycles. The van der Waals surface area contributed by atoms with Gasteiger partial charge in [0, 0.05) is 14.2 Å². The molecule has 194 valence electrons. The van der Waals surface area contributed by atoms with E-state index in [-0.39, 0.29) is 24.1 Å². The molecule has 8 aliphatic rings. The van der Waals surface area contributed by atoms with Crippen molar-refractivity contribution in [2.24, 2.45) is 46.3 Å². The van der Waals surface area contributed by atoms with Crippen molar-refractivity contribution in [1.29, 1.82) is 0 Å². The molecule has 6 atom stereocenters. The van der Waals surface area contributed by atoms with Crippen LogP contribution in [0.25, 0.3) is 0 Å². The number of methoxy groups -OCH3 is 2. The average Bonchev–Trinajstić information content (AvgIpc) is 2.84. The van der Waals surface area contributed by atoms with Gasteiger partial charge in [0.25, 0.3) is 0 Å². The Morgan fingerprint density at radius 2 is 0.944 bits per heavy atom. The highest BCUT2D eigenvalue weighted by molar-refractivity contribution is 5.82. The Kier molecular flexibility index (Phi) is 5.35. The van der Waals surface area contributed by atoms with E-state index in [9.17, 15) is 9.59 Å². The normalized spacial score (nSPS) is 45.6. The second-order valence-electron chi connectivity index (χ2n) is 13.1. The summed E-state index contributed by atoms with van der Waals surface area (Å²) in [5.41, 5.74) is -1.05.